The van der Waals surface area contributed by atoms with Gasteiger partial charge in [-0.2, -0.15) is 9.57 Å². The number of nitrogens with zero attached hydrogens (tertiary/aromatic N) is 2. The van der Waals surface area contributed by atoms with Gasteiger partial charge in [0.25, 0.3) is 10.0 Å². The predicted molar refractivity (Wildman–Crippen MR) is 130 cm³/mol. The molecule has 2 aromatic carbocycles. The summed E-state index contributed by atoms with van der Waals surface area (Å²) in [7, 11) is -5.87. The van der Waals surface area contributed by atoms with Crippen LogP contribution in [0.25, 0.3) is 10.9 Å². The van der Waals surface area contributed by atoms with Crippen LogP contribution in [0.3, 0.4) is 0 Å². The van der Waals surface area contributed by atoms with E-state index in [2.05, 4.69) is 21.1 Å². The maximum absolute atomic E-state index is 13.1. The minimum Gasteiger partial charge on any atom is -0.358 e. The number of H-pyrrole nitrogens is 1. The third kappa shape index (κ3) is 4.30. The van der Waals surface area contributed by atoms with Crippen molar-refractivity contribution in [3.63, 3.8) is 0 Å². The monoisotopic (exact) mass is 501 g/mol. The lowest BCUT2D eigenvalue weighted by Crippen LogP contribution is -2.30. The first-order valence-electron chi connectivity index (χ1n) is 10.9. The van der Waals surface area contributed by atoms with E-state index >= 15 is 0 Å². The molecule has 0 bridgehead atoms. The normalized spacial score (nSPS) is 19.4. The summed E-state index contributed by atoms with van der Waals surface area (Å²) in [4.78, 5) is 2.96. The Balaban J connectivity index is 1.59. The van der Waals surface area contributed by atoms with Gasteiger partial charge >= 0.3 is 0 Å². The van der Waals surface area contributed by atoms with Crippen LogP contribution >= 0.6 is 0 Å². The minimum atomic E-state index is -3.99. The molecule has 3 aromatic rings. The van der Waals surface area contributed by atoms with E-state index in [1.807, 2.05) is 20.9 Å². The zero-order chi connectivity index (χ0) is 24.7. The fourth-order valence-corrected chi connectivity index (χ4v) is 7.12. The first-order chi connectivity index (χ1) is 16.1. The van der Waals surface area contributed by atoms with Crippen molar-refractivity contribution >= 4 is 36.6 Å². The highest BCUT2D eigenvalue weighted by molar-refractivity contribution is 7.92. The van der Waals surface area contributed by atoms with Crippen LogP contribution in [0.2, 0.25) is 0 Å². The number of nitrogens with one attached hydrogen (secondary N) is 3. The molecule has 0 spiro atoms. The molecule has 0 aliphatic carbocycles. The lowest BCUT2D eigenvalue weighted by Gasteiger charge is -2.17. The van der Waals surface area contributed by atoms with E-state index in [4.69, 9.17) is 0 Å². The van der Waals surface area contributed by atoms with Gasteiger partial charge in [0.2, 0.25) is 10.0 Å². The fourth-order valence-electron chi connectivity index (χ4n) is 4.45. The predicted octanol–water partition coefficient (Wildman–Crippen LogP) is 2.62. The van der Waals surface area contributed by atoms with Crippen LogP contribution in [0.1, 0.15) is 18.1 Å². The zero-order valence-electron chi connectivity index (χ0n) is 19.2. The second kappa shape index (κ2) is 9.03. The van der Waals surface area contributed by atoms with Gasteiger partial charge in [0, 0.05) is 24.7 Å². The second-order valence-corrected chi connectivity index (χ2v) is 12.3. The quantitative estimate of drug-likeness (QED) is 0.455. The van der Waals surface area contributed by atoms with Crippen molar-refractivity contribution in [3.8, 4) is 6.07 Å². The van der Waals surface area contributed by atoms with Gasteiger partial charge in [-0.1, -0.05) is 13.0 Å². The van der Waals surface area contributed by atoms with Crippen LogP contribution in [0.15, 0.2) is 52.4 Å². The van der Waals surface area contributed by atoms with Gasteiger partial charge in [-0.3, -0.25) is 4.72 Å². The minimum absolute atomic E-state index is 0.0597. The molecule has 11 heteroatoms. The molecular weight excluding hydrogens is 474 g/mol. The van der Waals surface area contributed by atoms with E-state index in [9.17, 15) is 22.1 Å². The Morgan fingerprint density at radius 1 is 1.09 bits per heavy atom. The Kier molecular flexibility index (Phi) is 6.44. The average Bonchev–Trinajstić information content (AvgIpc) is 3.41. The van der Waals surface area contributed by atoms with E-state index in [0.717, 1.165) is 12.1 Å². The van der Waals surface area contributed by atoms with E-state index in [1.165, 1.54) is 34.8 Å². The molecule has 1 fully saturated rings. The van der Waals surface area contributed by atoms with Crippen LogP contribution in [-0.2, 0) is 20.0 Å². The van der Waals surface area contributed by atoms with Crippen molar-refractivity contribution in [2.45, 2.75) is 23.6 Å². The van der Waals surface area contributed by atoms with Gasteiger partial charge in [-0.25, -0.2) is 16.8 Å². The Labute approximate surface area is 199 Å². The van der Waals surface area contributed by atoms with Crippen molar-refractivity contribution in [2.75, 3.05) is 31.4 Å². The number of aromatic amines is 1. The van der Waals surface area contributed by atoms with Crippen LogP contribution in [-0.4, -0.2) is 52.8 Å². The Bertz CT molecular complexity index is 1470. The van der Waals surface area contributed by atoms with Crippen molar-refractivity contribution in [1.82, 2.24) is 14.6 Å². The fraction of sp³-hybridized carbons (Fsp3) is 0.348. The molecule has 34 heavy (non-hydrogen) atoms. The molecule has 0 radical (unpaired) electrons. The molecule has 3 N–H and O–H groups in total. The number of rotatable bonds is 7. The maximum atomic E-state index is 13.1. The third-order valence-electron chi connectivity index (χ3n) is 6.38. The number of hydrogen-bond acceptors (Lipinski definition) is 6. The molecule has 1 saturated heterocycles. The molecule has 1 aromatic heterocycles. The number of aryl methyl sites for hydroxylation is 1. The molecule has 9 nitrogen and oxygen atoms in total. The lowest BCUT2D eigenvalue weighted by molar-refractivity contribution is 0.431. The molecule has 2 heterocycles. The highest BCUT2D eigenvalue weighted by Crippen LogP contribution is 2.31. The largest absolute Gasteiger partial charge is 0.358 e. The molecule has 0 amide bonds. The molecule has 1 aliphatic heterocycles. The van der Waals surface area contributed by atoms with E-state index < -0.39 is 20.0 Å². The van der Waals surface area contributed by atoms with Gasteiger partial charge in [0.1, 0.15) is 6.07 Å². The number of aromatic nitrogens is 1. The van der Waals surface area contributed by atoms with Crippen molar-refractivity contribution < 1.29 is 16.8 Å². The molecule has 2 unspecified atom stereocenters. The summed E-state index contributed by atoms with van der Waals surface area (Å²) in [6.07, 6.45) is 1.54. The lowest BCUT2D eigenvalue weighted by atomic mass is 9.98. The highest BCUT2D eigenvalue weighted by atomic mass is 32.2. The number of anilines is 1. The Morgan fingerprint density at radius 2 is 1.76 bits per heavy atom. The SMILES string of the molecule is CNCC1CN(S(=O)(=O)c2ccc(S(=O)(=O)Nc3ccc(C)c4c(C#N)c[nH]c34)cc2)CC1C. The topological polar surface area (TPSA) is 135 Å². The van der Waals surface area contributed by atoms with Gasteiger partial charge in [0.15, 0.2) is 0 Å². The van der Waals surface area contributed by atoms with Crippen LogP contribution < -0.4 is 10.0 Å². The van der Waals surface area contributed by atoms with Crippen molar-refractivity contribution in [1.29, 1.82) is 5.26 Å². The molecular formula is C23H27N5O4S2. The number of benzene rings is 2. The van der Waals surface area contributed by atoms with Crippen molar-refractivity contribution in [2.24, 2.45) is 11.8 Å². The van der Waals surface area contributed by atoms with E-state index in [-0.39, 0.29) is 21.6 Å². The van der Waals surface area contributed by atoms with E-state index in [0.29, 0.717) is 35.2 Å². The summed E-state index contributed by atoms with van der Waals surface area (Å²) in [5.74, 6) is 0.455. The highest BCUT2D eigenvalue weighted by Gasteiger charge is 2.36. The van der Waals surface area contributed by atoms with Crippen LogP contribution in [0.4, 0.5) is 5.69 Å². The molecule has 180 valence electrons. The molecule has 1 aliphatic rings. The molecule has 4 rings (SSSR count). The summed E-state index contributed by atoms with van der Waals surface area (Å²) in [6, 6.07) is 10.7. The Morgan fingerprint density at radius 3 is 2.41 bits per heavy atom. The maximum Gasteiger partial charge on any atom is 0.261 e. The first kappa shape index (κ1) is 24.2. The number of nitriles is 1. The average molecular weight is 502 g/mol. The smallest absolute Gasteiger partial charge is 0.261 e. The summed E-state index contributed by atoms with van der Waals surface area (Å²) in [5.41, 5.74) is 2.09. The molecule has 0 saturated carbocycles. The number of hydrogen-bond donors (Lipinski definition) is 3. The van der Waals surface area contributed by atoms with Crippen molar-refractivity contribution in [3.05, 3.63) is 53.7 Å². The number of sulfonamides is 2. The van der Waals surface area contributed by atoms with E-state index in [1.54, 1.807) is 12.1 Å². The Hall–Kier alpha value is -2.91. The van der Waals surface area contributed by atoms with Gasteiger partial charge in [0.05, 0.1) is 26.6 Å². The molecule has 2 atom stereocenters. The first-order valence-corrected chi connectivity index (χ1v) is 13.8. The third-order valence-corrected chi connectivity index (χ3v) is 9.61. The summed E-state index contributed by atoms with van der Waals surface area (Å²) in [5, 5.41) is 13.1. The van der Waals surface area contributed by atoms with Gasteiger partial charge in [-0.15, -0.1) is 0 Å². The van der Waals surface area contributed by atoms with Gasteiger partial charge in [-0.05, 0) is 68.2 Å². The summed E-state index contributed by atoms with van der Waals surface area (Å²) >= 11 is 0. The number of fused-ring (bicyclic) bond motifs is 1. The van der Waals surface area contributed by atoms with Crippen LogP contribution in [0.5, 0.6) is 0 Å². The zero-order valence-corrected chi connectivity index (χ0v) is 20.8. The summed E-state index contributed by atoms with van der Waals surface area (Å²) in [6.45, 7) is 5.47. The van der Waals surface area contributed by atoms with Crippen LogP contribution in [0, 0.1) is 30.1 Å². The second-order valence-electron chi connectivity index (χ2n) is 8.69. The standard InChI is InChI=1S/C23H27N5O4S2/c1-15-4-9-21(23-22(15)17(10-24)12-26-23)27-33(29,30)19-5-7-20(8-6-19)34(31,32)28-13-16(2)18(14-28)11-25-3/h4-9,12,16,18,25-27H,11,13-14H2,1-3H3. The van der Waals surface area contributed by atoms with Gasteiger partial charge < -0.3 is 10.3 Å². The summed E-state index contributed by atoms with van der Waals surface area (Å²) < 4.78 is 56.3.